The predicted molar refractivity (Wildman–Crippen MR) is 173 cm³/mol. The van der Waals surface area contributed by atoms with Crippen molar-refractivity contribution in [1.29, 1.82) is 0 Å². The number of nitrogens with zero attached hydrogens (tertiary/aromatic N) is 2. The van der Waals surface area contributed by atoms with Crippen LogP contribution in [0.4, 0.5) is 0 Å². The lowest BCUT2D eigenvalue weighted by atomic mass is 9.85. The molecule has 1 aliphatic heterocycles. The summed E-state index contributed by atoms with van der Waals surface area (Å²) >= 11 is 1.85. The van der Waals surface area contributed by atoms with E-state index in [1.807, 2.05) is 11.8 Å². The lowest BCUT2D eigenvalue weighted by Gasteiger charge is -2.22. The summed E-state index contributed by atoms with van der Waals surface area (Å²) in [4.78, 5) is 7.37. The summed E-state index contributed by atoms with van der Waals surface area (Å²) < 4.78 is 2.32. The summed E-state index contributed by atoms with van der Waals surface area (Å²) in [6.45, 7) is 2.10. The van der Waals surface area contributed by atoms with Gasteiger partial charge in [-0.25, -0.2) is 4.98 Å². The van der Waals surface area contributed by atoms with Crippen LogP contribution >= 0.6 is 11.8 Å². The molecule has 0 fully saturated rings. The monoisotopic (exact) mass is 540 g/mol. The van der Waals surface area contributed by atoms with Crippen molar-refractivity contribution in [1.82, 2.24) is 9.55 Å². The van der Waals surface area contributed by atoms with E-state index in [4.69, 9.17) is 4.98 Å². The molecule has 2 heterocycles. The highest BCUT2D eigenvalue weighted by molar-refractivity contribution is 7.99. The number of para-hydroxylation sites is 1. The van der Waals surface area contributed by atoms with Crippen LogP contribution in [0.2, 0.25) is 0 Å². The van der Waals surface area contributed by atoms with Crippen molar-refractivity contribution in [2.75, 3.05) is 0 Å². The minimum Gasteiger partial charge on any atom is -0.294 e. The van der Waals surface area contributed by atoms with Crippen molar-refractivity contribution in [2.45, 2.75) is 16.7 Å². The SMILES string of the molecule is Cc1nc2cccc3c2n1-c1ccc(-c2c4ccccc4c(-c4cccc5ccccc45)c4ccccc24)cc1S3. The first-order valence-corrected chi connectivity index (χ1v) is 14.8. The number of imidazole rings is 1. The zero-order chi connectivity index (χ0) is 27.1. The molecule has 7 aromatic carbocycles. The van der Waals surface area contributed by atoms with Crippen LogP contribution in [0.3, 0.4) is 0 Å². The van der Waals surface area contributed by atoms with E-state index < -0.39 is 0 Å². The van der Waals surface area contributed by atoms with Gasteiger partial charge in [0.25, 0.3) is 0 Å². The third kappa shape index (κ3) is 3.24. The molecule has 0 atom stereocenters. The van der Waals surface area contributed by atoms with Gasteiger partial charge in [-0.3, -0.25) is 4.57 Å². The second-order valence-electron chi connectivity index (χ2n) is 10.8. The molecule has 0 saturated carbocycles. The Morgan fingerprint density at radius 2 is 1.20 bits per heavy atom. The lowest BCUT2D eigenvalue weighted by Crippen LogP contribution is -2.03. The van der Waals surface area contributed by atoms with E-state index in [9.17, 15) is 0 Å². The van der Waals surface area contributed by atoms with Crippen LogP contribution in [0.1, 0.15) is 5.82 Å². The van der Waals surface area contributed by atoms with Crippen molar-refractivity contribution in [3.05, 3.63) is 133 Å². The minimum absolute atomic E-state index is 1.03. The number of rotatable bonds is 2. The fourth-order valence-corrected chi connectivity index (χ4v) is 7.94. The molecule has 0 radical (unpaired) electrons. The van der Waals surface area contributed by atoms with Gasteiger partial charge in [-0.05, 0) is 85.8 Å². The molecule has 9 rings (SSSR count). The van der Waals surface area contributed by atoms with E-state index in [1.54, 1.807) is 0 Å². The van der Waals surface area contributed by atoms with Crippen molar-refractivity contribution in [3.8, 4) is 27.9 Å². The smallest absolute Gasteiger partial charge is 0.111 e. The number of aryl methyl sites for hydroxylation is 1. The number of fused-ring (bicyclic) bond motifs is 5. The zero-order valence-electron chi connectivity index (χ0n) is 22.4. The Kier molecular flexibility index (Phi) is 4.79. The zero-order valence-corrected chi connectivity index (χ0v) is 23.2. The first kappa shape index (κ1) is 22.9. The van der Waals surface area contributed by atoms with Crippen molar-refractivity contribution < 1.29 is 0 Å². The summed E-state index contributed by atoms with van der Waals surface area (Å²) in [5.41, 5.74) is 8.58. The van der Waals surface area contributed by atoms with Crippen LogP contribution in [0.15, 0.2) is 137 Å². The maximum Gasteiger partial charge on any atom is 0.111 e. The number of hydrogen-bond acceptors (Lipinski definition) is 2. The molecule has 0 spiro atoms. The molecule has 0 amide bonds. The van der Waals surface area contributed by atoms with Gasteiger partial charge < -0.3 is 0 Å². The van der Waals surface area contributed by atoms with Gasteiger partial charge in [0.2, 0.25) is 0 Å². The van der Waals surface area contributed by atoms with E-state index >= 15 is 0 Å². The van der Waals surface area contributed by atoms with Crippen LogP contribution < -0.4 is 0 Å². The van der Waals surface area contributed by atoms with Crippen LogP contribution in [0, 0.1) is 6.92 Å². The second kappa shape index (κ2) is 8.57. The molecule has 0 N–H and O–H groups in total. The van der Waals surface area contributed by atoms with Crippen molar-refractivity contribution in [2.24, 2.45) is 0 Å². The molecule has 8 aromatic rings. The summed E-state index contributed by atoms with van der Waals surface area (Å²) in [5, 5.41) is 7.65. The van der Waals surface area contributed by atoms with Gasteiger partial charge in [-0.2, -0.15) is 0 Å². The Hall–Kier alpha value is -4.86. The second-order valence-corrected chi connectivity index (χ2v) is 11.9. The first-order chi connectivity index (χ1) is 20.3. The van der Waals surface area contributed by atoms with Gasteiger partial charge in [0, 0.05) is 9.79 Å². The number of aromatic nitrogens is 2. The van der Waals surface area contributed by atoms with E-state index in [1.165, 1.54) is 75.6 Å². The van der Waals surface area contributed by atoms with Crippen LogP contribution in [-0.4, -0.2) is 9.55 Å². The molecule has 0 aliphatic carbocycles. The average molecular weight is 541 g/mol. The standard InChI is InChI=1S/C38H24N2S/c1-23-39-32-18-9-19-34-38(32)40(23)33-21-20-25(22-35(33)41-34)36-28-13-4-6-15-30(28)37(31-16-7-5-14-29(31)36)27-17-8-11-24-10-2-3-12-26(24)27/h2-22H,1H3. The van der Waals surface area contributed by atoms with Gasteiger partial charge in [0.15, 0.2) is 0 Å². The van der Waals surface area contributed by atoms with Crippen LogP contribution in [-0.2, 0) is 0 Å². The molecule has 3 heteroatoms. The maximum atomic E-state index is 4.86. The van der Waals surface area contributed by atoms with E-state index in [0.717, 1.165) is 11.3 Å². The largest absolute Gasteiger partial charge is 0.294 e. The van der Waals surface area contributed by atoms with E-state index in [-0.39, 0.29) is 0 Å². The molecule has 1 aliphatic rings. The van der Waals surface area contributed by atoms with E-state index in [2.05, 4.69) is 139 Å². The summed E-state index contributed by atoms with van der Waals surface area (Å²) in [6, 6.07) is 46.6. The fraction of sp³-hybridized carbons (Fsp3) is 0.0263. The summed E-state index contributed by atoms with van der Waals surface area (Å²) in [6.07, 6.45) is 0. The van der Waals surface area contributed by atoms with E-state index in [0.29, 0.717) is 0 Å². The highest BCUT2D eigenvalue weighted by Gasteiger charge is 2.24. The predicted octanol–water partition coefficient (Wildman–Crippen LogP) is 10.6. The Morgan fingerprint density at radius 3 is 1.95 bits per heavy atom. The van der Waals surface area contributed by atoms with Gasteiger partial charge >= 0.3 is 0 Å². The minimum atomic E-state index is 1.03. The molecule has 0 unspecified atom stereocenters. The van der Waals surface area contributed by atoms with Gasteiger partial charge in [0.05, 0.1) is 16.7 Å². The molecular weight excluding hydrogens is 516 g/mol. The number of benzene rings is 7. The molecular formula is C38H24N2S. The topological polar surface area (TPSA) is 17.8 Å². The van der Waals surface area contributed by atoms with Gasteiger partial charge in [-0.1, -0.05) is 115 Å². The summed E-state index contributed by atoms with van der Waals surface area (Å²) in [7, 11) is 0. The Labute approximate surface area is 241 Å². The molecule has 2 nitrogen and oxygen atoms in total. The molecule has 0 bridgehead atoms. The molecule has 41 heavy (non-hydrogen) atoms. The van der Waals surface area contributed by atoms with Crippen molar-refractivity contribution in [3.63, 3.8) is 0 Å². The number of hydrogen-bond donors (Lipinski definition) is 0. The molecule has 192 valence electrons. The quantitative estimate of drug-likeness (QED) is 0.203. The fourth-order valence-electron chi connectivity index (χ4n) is 6.82. The first-order valence-electron chi connectivity index (χ1n) is 14.0. The third-order valence-electron chi connectivity index (χ3n) is 8.51. The van der Waals surface area contributed by atoms with Crippen molar-refractivity contribution >= 4 is 55.1 Å². The summed E-state index contributed by atoms with van der Waals surface area (Å²) in [5.74, 6) is 1.03. The van der Waals surface area contributed by atoms with Gasteiger partial charge in [0.1, 0.15) is 5.82 Å². The Morgan fingerprint density at radius 1 is 0.561 bits per heavy atom. The molecule has 1 aromatic heterocycles. The normalized spacial score (nSPS) is 12.4. The highest BCUT2D eigenvalue weighted by Crippen LogP contribution is 2.48. The third-order valence-corrected chi connectivity index (χ3v) is 9.60. The highest BCUT2D eigenvalue weighted by atomic mass is 32.2. The van der Waals surface area contributed by atoms with Crippen LogP contribution in [0.25, 0.3) is 71.3 Å². The average Bonchev–Trinajstić information content (AvgIpc) is 3.36. The Bertz CT molecular complexity index is 2300. The maximum absolute atomic E-state index is 4.86. The van der Waals surface area contributed by atoms with Crippen LogP contribution in [0.5, 0.6) is 0 Å². The van der Waals surface area contributed by atoms with Gasteiger partial charge in [-0.15, -0.1) is 0 Å². The lowest BCUT2D eigenvalue weighted by molar-refractivity contribution is 0.963. The molecule has 0 saturated heterocycles. The Balaban J connectivity index is 1.35.